The summed E-state index contributed by atoms with van der Waals surface area (Å²) in [5.41, 5.74) is 1.12. The fourth-order valence-corrected chi connectivity index (χ4v) is 5.24. The SMILES string of the molecule is O=C(c1ccc(Cl)cn1)N1CCN2[C@H](C1)C(=O)N(Cc1ccccc1)C21CCOCC1. The summed E-state index contributed by atoms with van der Waals surface area (Å²) in [5, 5.41) is 0.491. The van der Waals surface area contributed by atoms with Gasteiger partial charge in [0.25, 0.3) is 5.91 Å². The van der Waals surface area contributed by atoms with Crippen LogP contribution in [0.3, 0.4) is 0 Å². The van der Waals surface area contributed by atoms with Crippen LogP contribution >= 0.6 is 11.6 Å². The third kappa shape index (κ3) is 3.60. The molecule has 3 aliphatic rings. The molecule has 8 heteroatoms. The van der Waals surface area contributed by atoms with E-state index in [4.69, 9.17) is 16.3 Å². The molecule has 162 valence electrons. The van der Waals surface area contributed by atoms with Gasteiger partial charge in [0.1, 0.15) is 17.4 Å². The number of amides is 2. The highest BCUT2D eigenvalue weighted by atomic mass is 35.5. The third-order valence-electron chi connectivity index (χ3n) is 6.68. The molecule has 3 saturated heterocycles. The first-order valence-electron chi connectivity index (χ1n) is 10.7. The Labute approximate surface area is 186 Å². The molecule has 0 unspecified atom stereocenters. The van der Waals surface area contributed by atoms with Crippen molar-refractivity contribution in [1.82, 2.24) is 19.7 Å². The van der Waals surface area contributed by atoms with Crippen LogP contribution in [0, 0.1) is 0 Å². The van der Waals surface area contributed by atoms with Crippen molar-refractivity contribution in [2.75, 3.05) is 32.8 Å². The fourth-order valence-electron chi connectivity index (χ4n) is 5.13. The van der Waals surface area contributed by atoms with E-state index < -0.39 is 0 Å². The number of fused-ring (bicyclic) bond motifs is 2. The second-order valence-electron chi connectivity index (χ2n) is 8.33. The van der Waals surface area contributed by atoms with E-state index in [0.29, 0.717) is 50.1 Å². The molecule has 1 atom stereocenters. The van der Waals surface area contributed by atoms with Gasteiger partial charge in [-0.3, -0.25) is 14.5 Å². The molecule has 1 spiro atoms. The molecule has 2 amide bonds. The second kappa shape index (κ2) is 8.22. The van der Waals surface area contributed by atoms with Crippen LogP contribution in [0.4, 0.5) is 0 Å². The number of rotatable bonds is 3. The van der Waals surface area contributed by atoms with Crippen molar-refractivity contribution in [3.8, 4) is 0 Å². The Bertz CT molecular complexity index is 963. The largest absolute Gasteiger partial charge is 0.381 e. The predicted octanol–water partition coefficient (Wildman–Crippen LogP) is 2.41. The van der Waals surface area contributed by atoms with Gasteiger partial charge in [0, 0.05) is 45.2 Å². The van der Waals surface area contributed by atoms with E-state index in [1.807, 2.05) is 23.1 Å². The first kappa shape index (κ1) is 20.4. The second-order valence-corrected chi connectivity index (χ2v) is 8.76. The maximum Gasteiger partial charge on any atom is 0.272 e. The number of pyridine rings is 1. The van der Waals surface area contributed by atoms with Crippen molar-refractivity contribution in [3.63, 3.8) is 0 Å². The van der Waals surface area contributed by atoms with E-state index in [2.05, 4.69) is 22.0 Å². The lowest BCUT2D eigenvalue weighted by molar-refractivity contribution is -0.137. The minimum atomic E-state index is -0.344. The molecule has 1 aromatic heterocycles. The van der Waals surface area contributed by atoms with E-state index in [1.54, 1.807) is 17.0 Å². The van der Waals surface area contributed by atoms with Crippen molar-refractivity contribution in [2.45, 2.75) is 31.1 Å². The molecule has 3 fully saturated rings. The van der Waals surface area contributed by atoms with Gasteiger partial charge in [-0.1, -0.05) is 41.9 Å². The number of ether oxygens (including phenoxy) is 1. The Morgan fingerprint density at radius 1 is 1.13 bits per heavy atom. The standard InChI is InChI=1S/C23H25ClN4O3/c24-18-6-7-19(25-14-18)21(29)26-10-11-27-20(16-26)22(30)28(15-17-4-2-1-3-5-17)23(27)8-12-31-13-9-23/h1-7,14,20H,8-13,15-16H2/t20-/m1/s1. The zero-order valence-electron chi connectivity index (χ0n) is 17.2. The summed E-state index contributed by atoms with van der Waals surface area (Å²) in [6.07, 6.45) is 3.05. The number of nitrogens with zero attached hydrogens (tertiary/aromatic N) is 4. The quantitative estimate of drug-likeness (QED) is 0.733. The van der Waals surface area contributed by atoms with Crippen LogP contribution in [0.2, 0.25) is 5.02 Å². The Morgan fingerprint density at radius 2 is 1.90 bits per heavy atom. The van der Waals surface area contributed by atoms with Crippen molar-refractivity contribution in [2.24, 2.45) is 0 Å². The Morgan fingerprint density at radius 3 is 2.61 bits per heavy atom. The Hall–Kier alpha value is -2.48. The molecule has 0 aliphatic carbocycles. The maximum absolute atomic E-state index is 13.6. The van der Waals surface area contributed by atoms with Crippen LogP contribution < -0.4 is 0 Å². The molecular weight excluding hydrogens is 416 g/mol. The third-order valence-corrected chi connectivity index (χ3v) is 6.90. The molecule has 0 bridgehead atoms. The number of carbonyl (C=O) groups excluding carboxylic acids is 2. The highest BCUT2D eigenvalue weighted by Crippen LogP contribution is 2.42. The number of hydrogen-bond donors (Lipinski definition) is 0. The van der Waals surface area contributed by atoms with E-state index in [9.17, 15) is 9.59 Å². The minimum Gasteiger partial charge on any atom is -0.381 e. The van der Waals surface area contributed by atoms with Crippen LogP contribution in [0.5, 0.6) is 0 Å². The first-order valence-corrected chi connectivity index (χ1v) is 11.1. The summed E-state index contributed by atoms with van der Waals surface area (Å²) in [6, 6.07) is 13.0. The average Bonchev–Trinajstić information content (AvgIpc) is 3.02. The Kier molecular flexibility index (Phi) is 5.42. The smallest absolute Gasteiger partial charge is 0.272 e. The van der Waals surface area contributed by atoms with Crippen molar-refractivity contribution in [1.29, 1.82) is 0 Å². The molecule has 3 aliphatic heterocycles. The molecule has 4 heterocycles. The lowest BCUT2D eigenvalue weighted by Crippen LogP contribution is -2.62. The highest BCUT2D eigenvalue weighted by Gasteiger charge is 2.58. The molecule has 0 saturated carbocycles. The number of benzene rings is 1. The van der Waals surface area contributed by atoms with E-state index in [0.717, 1.165) is 18.4 Å². The van der Waals surface area contributed by atoms with E-state index >= 15 is 0 Å². The summed E-state index contributed by atoms with van der Waals surface area (Å²) in [4.78, 5) is 36.9. The van der Waals surface area contributed by atoms with Gasteiger partial charge in [-0.2, -0.15) is 0 Å². The van der Waals surface area contributed by atoms with Crippen LogP contribution in [0.15, 0.2) is 48.7 Å². The van der Waals surface area contributed by atoms with Gasteiger partial charge >= 0.3 is 0 Å². The molecule has 7 nitrogen and oxygen atoms in total. The lowest BCUT2D eigenvalue weighted by atomic mass is 9.96. The summed E-state index contributed by atoms with van der Waals surface area (Å²) in [6.45, 7) is 3.43. The lowest BCUT2D eigenvalue weighted by Gasteiger charge is -2.49. The van der Waals surface area contributed by atoms with Gasteiger partial charge in [0.15, 0.2) is 0 Å². The van der Waals surface area contributed by atoms with Gasteiger partial charge < -0.3 is 14.5 Å². The summed E-state index contributed by atoms with van der Waals surface area (Å²) in [5.74, 6) is -0.0704. The number of hydrogen-bond acceptors (Lipinski definition) is 5. The molecule has 5 rings (SSSR count). The summed E-state index contributed by atoms with van der Waals surface area (Å²) < 4.78 is 5.65. The average molecular weight is 441 g/mol. The minimum absolute atomic E-state index is 0.0901. The van der Waals surface area contributed by atoms with Gasteiger partial charge in [-0.15, -0.1) is 0 Å². The van der Waals surface area contributed by atoms with Gasteiger partial charge in [-0.05, 0) is 17.7 Å². The summed E-state index contributed by atoms with van der Waals surface area (Å²) in [7, 11) is 0. The van der Waals surface area contributed by atoms with Gasteiger partial charge in [-0.25, -0.2) is 4.98 Å². The molecule has 1 aromatic carbocycles. The summed E-state index contributed by atoms with van der Waals surface area (Å²) >= 11 is 5.90. The van der Waals surface area contributed by atoms with Gasteiger partial charge in [0.05, 0.1) is 18.2 Å². The van der Waals surface area contributed by atoms with Crippen molar-refractivity contribution >= 4 is 23.4 Å². The van der Waals surface area contributed by atoms with Gasteiger partial charge in [0.2, 0.25) is 5.91 Å². The number of carbonyl (C=O) groups is 2. The number of piperazine rings is 1. The van der Waals surface area contributed by atoms with Crippen LogP contribution in [0.1, 0.15) is 28.9 Å². The number of aromatic nitrogens is 1. The fraction of sp³-hybridized carbons (Fsp3) is 0.435. The van der Waals surface area contributed by atoms with Crippen LogP contribution in [0.25, 0.3) is 0 Å². The molecule has 31 heavy (non-hydrogen) atoms. The number of halogens is 1. The zero-order valence-corrected chi connectivity index (χ0v) is 18.0. The topological polar surface area (TPSA) is 66.0 Å². The normalized spacial score (nSPS) is 23.3. The van der Waals surface area contributed by atoms with E-state index in [1.165, 1.54) is 6.20 Å². The molecule has 0 N–H and O–H groups in total. The molecule has 0 radical (unpaired) electrons. The first-order chi connectivity index (χ1) is 15.1. The Balaban J connectivity index is 1.41. The maximum atomic E-state index is 13.6. The van der Waals surface area contributed by atoms with Crippen LogP contribution in [-0.4, -0.2) is 76.1 Å². The predicted molar refractivity (Wildman–Crippen MR) is 115 cm³/mol. The molecule has 2 aromatic rings. The molecular formula is C23H25ClN4O3. The van der Waals surface area contributed by atoms with Crippen molar-refractivity contribution < 1.29 is 14.3 Å². The van der Waals surface area contributed by atoms with Crippen molar-refractivity contribution in [3.05, 3.63) is 64.9 Å². The monoisotopic (exact) mass is 440 g/mol. The van der Waals surface area contributed by atoms with E-state index in [-0.39, 0.29) is 23.5 Å². The highest BCUT2D eigenvalue weighted by molar-refractivity contribution is 6.30. The zero-order chi connectivity index (χ0) is 21.4. The van der Waals surface area contributed by atoms with Crippen LogP contribution in [-0.2, 0) is 16.1 Å².